The van der Waals surface area contributed by atoms with Gasteiger partial charge < -0.3 is 10.2 Å². The van der Waals surface area contributed by atoms with Gasteiger partial charge in [0.25, 0.3) is 0 Å². The lowest BCUT2D eigenvalue weighted by atomic mass is 10.1. The van der Waals surface area contributed by atoms with Gasteiger partial charge in [0.15, 0.2) is 0 Å². The molecule has 1 rings (SSSR count). The standard InChI is InChI=1S/C11H17N2O/c1-13(2,3)8-11(14)9-5-4-6-10(12)7-9/h4-7H,8,12H2,1-3H3/q+1. The molecule has 1 aromatic rings. The number of rotatable bonds is 3. The minimum atomic E-state index is 0.129. The zero-order valence-electron chi connectivity index (χ0n) is 8.95. The van der Waals surface area contributed by atoms with Crippen LogP contribution < -0.4 is 5.73 Å². The summed E-state index contributed by atoms with van der Waals surface area (Å²) in [5.41, 5.74) is 6.93. The van der Waals surface area contributed by atoms with Crippen LogP contribution in [0.1, 0.15) is 10.4 Å². The molecule has 1 aromatic carbocycles. The number of carbonyl (C=O) groups is 1. The van der Waals surface area contributed by atoms with Crippen molar-refractivity contribution in [2.45, 2.75) is 0 Å². The zero-order chi connectivity index (χ0) is 10.8. The predicted octanol–water partition coefficient (Wildman–Crippen LogP) is 1.16. The summed E-state index contributed by atoms with van der Waals surface area (Å²) in [6.45, 7) is 0.490. The number of hydrogen-bond acceptors (Lipinski definition) is 2. The first-order chi connectivity index (χ1) is 6.38. The number of Topliss-reactive ketones (excluding diaryl/α,β-unsaturated/α-hetero) is 1. The molecule has 0 radical (unpaired) electrons. The van der Waals surface area contributed by atoms with E-state index in [1.54, 1.807) is 24.3 Å². The van der Waals surface area contributed by atoms with Crippen LogP contribution in [0.15, 0.2) is 24.3 Å². The highest BCUT2D eigenvalue weighted by Crippen LogP contribution is 2.08. The van der Waals surface area contributed by atoms with E-state index in [1.165, 1.54) is 0 Å². The highest BCUT2D eigenvalue weighted by atomic mass is 16.1. The second-order valence-corrected chi connectivity index (χ2v) is 4.50. The van der Waals surface area contributed by atoms with Crippen molar-refractivity contribution in [3.63, 3.8) is 0 Å². The van der Waals surface area contributed by atoms with E-state index in [0.29, 0.717) is 22.3 Å². The monoisotopic (exact) mass is 193 g/mol. The van der Waals surface area contributed by atoms with Crippen molar-refractivity contribution in [1.82, 2.24) is 0 Å². The molecular weight excluding hydrogens is 176 g/mol. The molecule has 0 aliphatic carbocycles. The Morgan fingerprint density at radius 3 is 2.50 bits per heavy atom. The number of carbonyl (C=O) groups excluding carboxylic acids is 1. The maximum Gasteiger partial charge on any atom is 0.216 e. The van der Waals surface area contributed by atoms with Crippen molar-refractivity contribution in [2.75, 3.05) is 33.4 Å². The summed E-state index contributed by atoms with van der Waals surface area (Å²) in [7, 11) is 5.97. The first-order valence-corrected chi connectivity index (χ1v) is 4.58. The molecule has 0 saturated carbocycles. The van der Waals surface area contributed by atoms with Crippen LogP contribution in [0.3, 0.4) is 0 Å². The average Bonchev–Trinajstić information content (AvgIpc) is 2.01. The third-order valence-corrected chi connectivity index (χ3v) is 1.83. The Kier molecular flexibility index (Phi) is 2.91. The molecular formula is C11H17N2O+. The van der Waals surface area contributed by atoms with Crippen molar-refractivity contribution in [2.24, 2.45) is 0 Å². The van der Waals surface area contributed by atoms with Crippen molar-refractivity contribution >= 4 is 11.5 Å². The third kappa shape index (κ3) is 3.18. The Hall–Kier alpha value is -1.35. The van der Waals surface area contributed by atoms with Gasteiger partial charge in [-0.05, 0) is 12.1 Å². The van der Waals surface area contributed by atoms with Gasteiger partial charge in [-0.1, -0.05) is 12.1 Å². The molecule has 2 N–H and O–H groups in total. The van der Waals surface area contributed by atoms with Gasteiger partial charge in [0.05, 0.1) is 21.1 Å². The van der Waals surface area contributed by atoms with Gasteiger partial charge in [0.1, 0.15) is 6.54 Å². The molecule has 0 saturated heterocycles. The van der Waals surface area contributed by atoms with Crippen LogP contribution in [0.4, 0.5) is 5.69 Å². The molecule has 14 heavy (non-hydrogen) atoms. The molecule has 0 aromatic heterocycles. The van der Waals surface area contributed by atoms with E-state index in [-0.39, 0.29) is 5.78 Å². The van der Waals surface area contributed by atoms with E-state index >= 15 is 0 Å². The summed E-state index contributed by atoms with van der Waals surface area (Å²) in [5.74, 6) is 0.129. The summed E-state index contributed by atoms with van der Waals surface area (Å²) in [4.78, 5) is 11.7. The molecule has 0 aliphatic rings. The Morgan fingerprint density at radius 2 is 2.00 bits per heavy atom. The molecule has 0 unspecified atom stereocenters. The Balaban J connectivity index is 2.80. The third-order valence-electron chi connectivity index (χ3n) is 1.83. The van der Waals surface area contributed by atoms with Gasteiger partial charge in [-0.2, -0.15) is 0 Å². The smallest absolute Gasteiger partial charge is 0.216 e. The maximum atomic E-state index is 11.7. The first-order valence-electron chi connectivity index (χ1n) is 4.58. The molecule has 3 heteroatoms. The zero-order valence-corrected chi connectivity index (χ0v) is 8.95. The molecule has 0 bridgehead atoms. The summed E-state index contributed by atoms with van der Waals surface area (Å²) in [6, 6.07) is 7.10. The second kappa shape index (κ2) is 3.80. The highest BCUT2D eigenvalue weighted by molar-refractivity contribution is 5.97. The van der Waals surface area contributed by atoms with Crippen molar-refractivity contribution in [3.8, 4) is 0 Å². The summed E-state index contributed by atoms with van der Waals surface area (Å²) < 4.78 is 0.633. The van der Waals surface area contributed by atoms with Gasteiger partial charge in [-0.15, -0.1) is 0 Å². The molecule has 0 heterocycles. The lowest BCUT2D eigenvalue weighted by Crippen LogP contribution is -2.39. The van der Waals surface area contributed by atoms with E-state index in [2.05, 4.69) is 0 Å². The molecule has 3 nitrogen and oxygen atoms in total. The van der Waals surface area contributed by atoms with Crippen LogP contribution >= 0.6 is 0 Å². The Bertz CT molecular complexity index is 339. The quantitative estimate of drug-likeness (QED) is 0.444. The number of nitrogens with two attached hydrogens (primary N) is 1. The van der Waals surface area contributed by atoms with E-state index in [9.17, 15) is 4.79 Å². The highest BCUT2D eigenvalue weighted by Gasteiger charge is 2.15. The van der Waals surface area contributed by atoms with Crippen LogP contribution in [0, 0.1) is 0 Å². The summed E-state index contributed by atoms with van der Waals surface area (Å²) in [6.07, 6.45) is 0. The minimum Gasteiger partial charge on any atom is -0.399 e. The number of ketones is 1. The minimum absolute atomic E-state index is 0.129. The van der Waals surface area contributed by atoms with Crippen LogP contribution in [0.25, 0.3) is 0 Å². The fraction of sp³-hybridized carbons (Fsp3) is 0.364. The molecule has 0 amide bonds. The lowest BCUT2D eigenvalue weighted by molar-refractivity contribution is -0.861. The maximum absolute atomic E-state index is 11.7. The predicted molar refractivity (Wildman–Crippen MR) is 58.1 cm³/mol. The number of anilines is 1. The van der Waals surface area contributed by atoms with Crippen molar-refractivity contribution in [1.29, 1.82) is 0 Å². The van der Waals surface area contributed by atoms with Crippen LogP contribution in [0.5, 0.6) is 0 Å². The van der Waals surface area contributed by atoms with E-state index < -0.39 is 0 Å². The Labute approximate surface area is 84.7 Å². The molecule has 76 valence electrons. The fourth-order valence-electron chi connectivity index (χ4n) is 1.23. The normalized spacial score (nSPS) is 11.4. The largest absolute Gasteiger partial charge is 0.399 e. The molecule has 0 spiro atoms. The van der Waals surface area contributed by atoms with Gasteiger partial charge in [-0.3, -0.25) is 4.79 Å². The first kappa shape index (κ1) is 10.7. The molecule has 0 aliphatic heterocycles. The van der Waals surface area contributed by atoms with E-state index in [0.717, 1.165) is 0 Å². The van der Waals surface area contributed by atoms with Gasteiger partial charge in [0, 0.05) is 11.3 Å². The average molecular weight is 193 g/mol. The van der Waals surface area contributed by atoms with Crippen LogP contribution in [-0.4, -0.2) is 38.0 Å². The number of likely N-dealkylation sites (N-methyl/N-ethyl adjacent to an activating group) is 1. The van der Waals surface area contributed by atoms with Crippen LogP contribution in [-0.2, 0) is 0 Å². The topological polar surface area (TPSA) is 43.1 Å². The van der Waals surface area contributed by atoms with Crippen LogP contribution in [0.2, 0.25) is 0 Å². The number of nitrogen functional groups attached to an aromatic ring is 1. The van der Waals surface area contributed by atoms with Gasteiger partial charge in [-0.25, -0.2) is 0 Å². The lowest BCUT2D eigenvalue weighted by Gasteiger charge is -2.22. The summed E-state index contributed by atoms with van der Waals surface area (Å²) in [5, 5.41) is 0. The van der Waals surface area contributed by atoms with Crippen molar-refractivity contribution in [3.05, 3.63) is 29.8 Å². The van der Waals surface area contributed by atoms with E-state index in [4.69, 9.17) is 5.73 Å². The number of hydrogen-bond donors (Lipinski definition) is 1. The van der Waals surface area contributed by atoms with E-state index in [1.807, 2.05) is 21.1 Å². The molecule has 0 fully saturated rings. The number of quaternary nitrogens is 1. The SMILES string of the molecule is C[N+](C)(C)CC(=O)c1cccc(N)c1. The number of nitrogens with zero attached hydrogens (tertiary/aromatic N) is 1. The Morgan fingerprint density at radius 1 is 1.36 bits per heavy atom. The summed E-state index contributed by atoms with van der Waals surface area (Å²) >= 11 is 0. The number of benzene rings is 1. The molecule has 0 atom stereocenters. The van der Waals surface area contributed by atoms with Gasteiger partial charge in [0.2, 0.25) is 5.78 Å². The fourth-order valence-corrected chi connectivity index (χ4v) is 1.23. The second-order valence-electron chi connectivity index (χ2n) is 4.50. The van der Waals surface area contributed by atoms with Crippen molar-refractivity contribution < 1.29 is 9.28 Å². The van der Waals surface area contributed by atoms with Gasteiger partial charge >= 0.3 is 0 Å².